The highest BCUT2D eigenvalue weighted by Crippen LogP contribution is 2.19. The van der Waals surface area contributed by atoms with Crippen molar-refractivity contribution in [1.82, 2.24) is 5.32 Å². The molecule has 2 aromatic rings. The van der Waals surface area contributed by atoms with Crippen molar-refractivity contribution in [3.05, 3.63) is 65.2 Å². The zero-order valence-corrected chi connectivity index (χ0v) is 16.1. The standard InChI is InChI=1S/C21H27NO2S/c1-4-19(24-20-11-6-5-9-17(20)3)21(23)22-12-13-25-15-18-10-7-8-16(2)14-18/h5-11,14,19H,4,12-13,15H2,1-3H3,(H,22,23)/t19-/m0/s1. The molecule has 1 atom stereocenters. The van der Waals surface area contributed by atoms with Gasteiger partial charge in [-0.15, -0.1) is 0 Å². The molecule has 0 bridgehead atoms. The van der Waals surface area contributed by atoms with E-state index >= 15 is 0 Å². The Balaban J connectivity index is 1.72. The summed E-state index contributed by atoms with van der Waals surface area (Å²) in [7, 11) is 0. The lowest BCUT2D eigenvalue weighted by Gasteiger charge is -2.18. The molecule has 134 valence electrons. The van der Waals surface area contributed by atoms with Gasteiger partial charge >= 0.3 is 0 Å². The van der Waals surface area contributed by atoms with E-state index in [1.807, 2.05) is 49.9 Å². The molecule has 0 fully saturated rings. The van der Waals surface area contributed by atoms with Gasteiger partial charge in [0.25, 0.3) is 5.91 Å². The Hall–Kier alpha value is -1.94. The number of rotatable bonds is 9. The van der Waals surface area contributed by atoms with E-state index in [1.54, 1.807) is 0 Å². The fraction of sp³-hybridized carbons (Fsp3) is 0.381. The van der Waals surface area contributed by atoms with E-state index in [0.29, 0.717) is 13.0 Å². The Morgan fingerprint density at radius 3 is 2.68 bits per heavy atom. The van der Waals surface area contributed by atoms with E-state index < -0.39 is 6.10 Å². The highest BCUT2D eigenvalue weighted by Gasteiger charge is 2.18. The Morgan fingerprint density at radius 2 is 1.96 bits per heavy atom. The molecule has 0 radical (unpaired) electrons. The van der Waals surface area contributed by atoms with Crippen molar-refractivity contribution >= 4 is 17.7 Å². The summed E-state index contributed by atoms with van der Waals surface area (Å²) in [4.78, 5) is 12.3. The molecule has 0 aromatic heterocycles. The SMILES string of the molecule is CC[C@H](Oc1ccccc1C)C(=O)NCCSCc1cccc(C)c1. The zero-order valence-electron chi connectivity index (χ0n) is 15.2. The average Bonchev–Trinajstić information content (AvgIpc) is 2.60. The molecule has 25 heavy (non-hydrogen) atoms. The number of hydrogen-bond donors (Lipinski definition) is 1. The van der Waals surface area contributed by atoms with Gasteiger partial charge in [-0.3, -0.25) is 4.79 Å². The Kier molecular flexibility index (Phi) is 7.86. The van der Waals surface area contributed by atoms with Crippen LogP contribution in [0.2, 0.25) is 0 Å². The number of amides is 1. The van der Waals surface area contributed by atoms with Crippen molar-refractivity contribution in [1.29, 1.82) is 0 Å². The van der Waals surface area contributed by atoms with Gasteiger partial charge in [0, 0.05) is 18.1 Å². The van der Waals surface area contributed by atoms with Crippen LogP contribution in [-0.2, 0) is 10.5 Å². The Bertz CT molecular complexity index is 687. The van der Waals surface area contributed by atoms with E-state index in [-0.39, 0.29) is 5.91 Å². The van der Waals surface area contributed by atoms with Crippen molar-refractivity contribution < 1.29 is 9.53 Å². The van der Waals surface area contributed by atoms with Crippen molar-refractivity contribution in [2.24, 2.45) is 0 Å². The number of carbonyl (C=O) groups excluding carboxylic acids is 1. The molecule has 0 saturated carbocycles. The van der Waals surface area contributed by atoms with Crippen molar-refractivity contribution in [3.63, 3.8) is 0 Å². The topological polar surface area (TPSA) is 38.3 Å². The zero-order chi connectivity index (χ0) is 18.1. The second kappa shape index (κ2) is 10.1. The van der Waals surface area contributed by atoms with Crippen LogP contribution in [0.4, 0.5) is 0 Å². The van der Waals surface area contributed by atoms with Crippen LogP contribution in [0.1, 0.15) is 30.0 Å². The van der Waals surface area contributed by atoms with Crippen LogP contribution in [0.15, 0.2) is 48.5 Å². The normalized spacial score (nSPS) is 11.8. The van der Waals surface area contributed by atoms with Crippen LogP contribution in [-0.4, -0.2) is 24.3 Å². The first kappa shape index (κ1) is 19.4. The molecule has 0 aliphatic rings. The summed E-state index contributed by atoms with van der Waals surface area (Å²) in [5.41, 5.74) is 3.65. The number of thioether (sulfide) groups is 1. The van der Waals surface area contributed by atoms with Crippen molar-refractivity contribution in [2.45, 2.75) is 39.0 Å². The molecule has 4 heteroatoms. The minimum Gasteiger partial charge on any atom is -0.480 e. The summed E-state index contributed by atoms with van der Waals surface area (Å²) >= 11 is 1.83. The summed E-state index contributed by atoms with van der Waals surface area (Å²) in [6.07, 6.45) is 0.208. The quantitative estimate of drug-likeness (QED) is 0.671. The molecule has 0 unspecified atom stereocenters. The number of carbonyl (C=O) groups is 1. The van der Waals surface area contributed by atoms with Crippen LogP contribution in [0.25, 0.3) is 0 Å². The van der Waals surface area contributed by atoms with Gasteiger partial charge in [-0.2, -0.15) is 11.8 Å². The van der Waals surface area contributed by atoms with E-state index in [9.17, 15) is 4.79 Å². The molecule has 1 N–H and O–H groups in total. The van der Waals surface area contributed by atoms with E-state index in [0.717, 1.165) is 22.8 Å². The first-order chi connectivity index (χ1) is 12.1. The molecule has 0 heterocycles. The van der Waals surface area contributed by atoms with E-state index in [4.69, 9.17) is 4.74 Å². The van der Waals surface area contributed by atoms with E-state index in [1.165, 1.54) is 11.1 Å². The molecule has 2 aromatic carbocycles. The molecular weight excluding hydrogens is 330 g/mol. The fourth-order valence-corrected chi connectivity index (χ4v) is 3.32. The fourth-order valence-electron chi connectivity index (χ4n) is 2.52. The van der Waals surface area contributed by atoms with Gasteiger partial charge in [0.15, 0.2) is 6.10 Å². The highest BCUT2D eigenvalue weighted by molar-refractivity contribution is 7.98. The van der Waals surface area contributed by atoms with E-state index in [2.05, 4.69) is 36.5 Å². The Labute approximate surface area is 155 Å². The first-order valence-electron chi connectivity index (χ1n) is 8.73. The minimum absolute atomic E-state index is 0.0399. The number of hydrogen-bond acceptors (Lipinski definition) is 3. The summed E-state index contributed by atoms with van der Waals surface area (Å²) in [5, 5.41) is 2.99. The second-order valence-corrected chi connectivity index (χ2v) is 7.22. The van der Waals surface area contributed by atoms with Crippen molar-refractivity contribution in [2.75, 3.05) is 12.3 Å². The molecule has 0 saturated heterocycles. The minimum atomic E-state index is -0.442. The summed E-state index contributed by atoms with van der Waals surface area (Å²) in [6, 6.07) is 16.3. The monoisotopic (exact) mass is 357 g/mol. The highest BCUT2D eigenvalue weighted by atomic mass is 32.2. The lowest BCUT2D eigenvalue weighted by atomic mass is 10.2. The van der Waals surface area contributed by atoms with Gasteiger partial charge in [0.2, 0.25) is 0 Å². The lowest BCUT2D eigenvalue weighted by molar-refractivity contribution is -0.128. The maximum absolute atomic E-state index is 12.3. The molecule has 1 amide bonds. The number of nitrogens with one attached hydrogen (secondary N) is 1. The van der Waals surface area contributed by atoms with Crippen molar-refractivity contribution in [3.8, 4) is 5.75 Å². The van der Waals surface area contributed by atoms with Gasteiger partial charge in [-0.05, 0) is 37.5 Å². The van der Waals surface area contributed by atoms with Crippen LogP contribution in [0.5, 0.6) is 5.75 Å². The Morgan fingerprint density at radius 1 is 1.16 bits per heavy atom. The summed E-state index contributed by atoms with van der Waals surface area (Å²) in [6.45, 7) is 6.72. The van der Waals surface area contributed by atoms with Gasteiger partial charge in [0.1, 0.15) is 5.75 Å². The van der Waals surface area contributed by atoms with Crippen LogP contribution < -0.4 is 10.1 Å². The molecule has 0 spiro atoms. The lowest BCUT2D eigenvalue weighted by Crippen LogP contribution is -2.39. The van der Waals surface area contributed by atoms with Gasteiger partial charge in [-0.25, -0.2) is 0 Å². The number of aryl methyl sites for hydroxylation is 2. The second-order valence-electron chi connectivity index (χ2n) is 6.11. The van der Waals surface area contributed by atoms with Crippen LogP contribution in [0.3, 0.4) is 0 Å². The smallest absolute Gasteiger partial charge is 0.261 e. The molecule has 3 nitrogen and oxygen atoms in total. The molecule has 0 aliphatic heterocycles. The van der Waals surface area contributed by atoms with Crippen LogP contribution >= 0.6 is 11.8 Å². The van der Waals surface area contributed by atoms with Gasteiger partial charge in [-0.1, -0.05) is 55.0 Å². The van der Waals surface area contributed by atoms with Crippen LogP contribution in [0, 0.1) is 13.8 Å². The summed E-state index contributed by atoms with van der Waals surface area (Å²) < 4.78 is 5.88. The molecular formula is C21H27NO2S. The third-order valence-corrected chi connectivity index (χ3v) is 4.95. The predicted octanol–water partition coefficient (Wildman–Crippen LogP) is 4.51. The third kappa shape index (κ3) is 6.46. The number of ether oxygens (including phenoxy) is 1. The van der Waals surface area contributed by atoms with Gasteiger partial charge < -0.3 is 10.1 Å². The maximum atomic E-state index is 12.3. The number of para-hydroxylation sites is 1. The summed E-state index contributed by atoms with van der Waals surface area (Å²) in [5.74, 6) is 2.59. The average molecular weight is 358 g/mol. The molecule has 0 aliphatic carbocycles. The van der Waals surface area contributed by atoms with Gasteiger partial charge in [0.05, 0.1) is 0 Å². The first-order valence-corrected chi connectivity index (χ1v) is 9.89. The molecule has 2 rings (SSSR count). The number of benzene rings is 2. The maximum Gasteiger partial charge on any atom is 0.261 e. The third-order valence-electron chi connectivity index (χ3n) is 3.92. The largest absolute Gasteiger partial charge is 0.480 e. The predicted molar refractivity (Wildman–Crippen MR) is 106 cm³/mol.